The van der Waals surface area contributed by atoms with Gasteiger partial charge in [0.25, 0.3) is 0 Å². The molecule has 2 aliphatic heterocycles. The van der Waals surface area contributed by atoms with E-state index in [4.69, 9.17) is 14.2 Å². The summed E-state index contributed by atoms with van der Waals surface area (Å²) in [6.45, 7) is 15.1. The Labute approximate surface area is 223 Å². The van der Waals surface area contributed by atoms with Gasteiger partial charge in [-0.25, -0.2) is 0 Å². The minimum atomic E-state index is -0.948. The van der Waals surface area contributed by atoms with E-state index in [1.165, 1.54) is 0 Å². The van der Waals surface area contributed by atoms with Gasteiger partial charge in [-0.2, -0.15) is 0 Å². The first-order valence-electron chi connectivity index (χ1n) is 14.0. The molecule has 0 aromatic rings. The number of rotatable bonds is 4. The van der Waals surface area contributed by atoms with Crippen molar-refractivity contribution in [3.05, 3.63) is 0 Å². The smallest absolute Gasteiger partial charge is 0.316 e. The highest BCUT2D eigenvalue weighted by molar-refractivity contribution is 6.00. The van der Waals surface area contributed by atoms with Crippen molar-refractivity contribution < 1.29 is 33.7 Å². The molecule has 2 saturated heterocycles. The monoisotopic (exact) mass is 525 g/mol. The van der Waals surface area contributed by atoms with Gasteiger partial charge in [0, 0.05) is 23.8 Å². The van der Waals surface area contributed by atoms with Crippen molar-refractivity contribution in [1.29, 1.82) is 0 Å². The number of cyclic esters (lactones) is 1. The molecule has 0 unspecified atom stereocenters. The fraction of sp³-hybridized carbons (Fsp3) is 0.897. The van der Waals surface area contributed by atoms with Gasteiger partial charge >= 0.3 is 5.97 Å². The lowest BCUT2D eigenvalue weighted by molar-refractivity contribution is -0.285. The van der Waals surface area contributed by atoms with Crippen LogP contribution in [0.5, 0.6) is 0 Å². The van der Waals surface area contributed by atoms with Gasteiger partial charge < -0.3 is 24.2 Å². The Morgan fingerprint density at radius 3 is 2.19 bits per heavy atom. The van der Waals surface area contributed by atoms with Crippen LogP contribution < -0.4 is 0 Å². The largest absolute Gasteiger partial charge is 0.462 e. The van der Waals surface area contributed by atoms with Gasteiger partial charge in [-0.15, -0.1) is 0 Å². The third-order valence-electron chi connectivity index (χ3n) is 8.47. The number of ketones is 2. The first-order chi connectivity index (χ1) is 17.1. The van der Waals surface area contributed by atoms with E-state index >= 15 is 0 Å². The zero-order chi connectivity index (χ0) is 28.2. The van der Waals surface area contributed by atoms with E-state index in [1.54, 1.807) is 13.8 Å². The Morgan fingerprint density at radius 1 is 1.00 bits per heavy atom. The predicted molar refractivity (Wildman–Crippen MR) is 142 cm³/mol. The predicted octanol–water partition coefficient (Wildman–Crippen LogP) is 4.01. The molecule has 2 fully saturated rings. The SMILES string of the molecule is CC[C@@H]1CC[C@@H](C)C(=O)[C@H](C)CC(C)(C)[C@H](O[C@@H]2O[C@H](C)C[C@H](N(C)C)[C@H]2O)[C@@H](C)C(=O)[C@@H](C)C(=O)O1. The van der Waals surface area contributed by atoms with Crippen LogP contribution in [0.2, 0.25) is 0 Å². The summed E-state index contributed by atoms with van der Waals surface area (Å²) in [5.74, 6) is -2.70. The lowest BCUT2D eigenvalue weighted by atomic mass is 9.70. The maximum absolute atomic E-state index is 13.6. The highest BCUT2D eigenvalue weighted by Gasteiger charge is 2.47. The number of aliphatic hydroxyl groups is 1. The molecule has 2 rings (SSSR count). The molecule has 1 N–H and O–H groups in total. The van der Waals surface area contributed by atoms with E-state index < -0.39 is 41.7 Å². The normalized spacial score (nSPS) is 40.8. The van der Waals surface area contributed by atoms with Crippen LogP contribution in [0, 0.1) is 29.1 Å². The van der Waals surface area contributed by atoms with E-state index in [0.29, 0.717) is 32.1 Å². The van der Waals surface area contributed by atoms with Gasteiger partial charge in [0.05, 0.1) is 12.2 Å². The van der Waals surface area contributed by atoms with Gasteiger partial charge in [-0.1, -0.05) is 41.5 Å². The van der Waals surface area contributed by atoms with Crippen molar-refractivity contribution in [3.63, 3.8) is 0 Å². The molecule has 0 bridgehead atoms. The Balaban J connectivity index is 2.46. The van der Waals surface area contributed by atoms with Crippen molar-refractivity contribution in [2.45, 2.75) is 124 Å². The summed E-state index contributed by atoms with van der Waals surface area (Å²) in [6.07, 6.45) is -0.0191. The Bertz CT molecular complexity index is 797. The molecule has 0 aliphatic carbocycles. The molecule has 2 heterocycles. The number of esters is 1. The molecule has 0 amide bonds. The summed E-state index contributed by atoms with van der Waals surface area (Å²) < 4.78 is 18.3. The topological polar surface area (TPSA) is 102 Å². The van der Waals surface area contributed by atoms with E-state index in [2.05, 4.69) is 0 Å². The summed E-state index contributed by atoms with van der Waals surface area (Å²) >= 11 is 0. The fourth-order valence-electron chi connectivity index (χ4n) is 6.12. The molecule has 0 radical (unpaired) electrons. The van der Waals surface area contributed by atoms with Crippen molar-refractivity contribution in [2.75, 3.05) is 14.1 Å². The molecule has 10 atom stereocenters. The molecule has 37 heavy (non-hydrogen) atoms. The first kappa shape index (κ1) is 31.9. The number of aliphatic hydroxyl groups excluding tert-OH is 1. The van der Waals surface area contributed by atoms with Crippen LogP contribution in [-0.2, 0) is 28.6 Å². The number of Topliss-reactive ketones (excluding diaryl/α,β-unsaturated/α-hetero) is 2. The third kappa shape index (κ3) is 7.84. The minimum absolute atomic E-state index is 0.144. The van der Waals surface area contributed by atoms with Crippen LogP contribution in [0.25, 0.3) is 0 Å². The standard InChI is InChI=1S/C29H51NO7/c1-11-21-13-12-16(2)23(31)17(3)15-29(7,8)26(19(5)24(32)20(6)27(34)36-21)37-28-25(33)22(30(9)10)14-18(4)35-28/h16-22,25-26,28,33H,11-15H2,1-10H3/t16-,17-,18-,19+,20-,21-,22+,25-,26-,28+/m1/s1. The molecule has 2 aliphatic rings. The molecule has 8 heteroatoms. The summed E-state index contributed by atoms with van der Waals surface area (Å²) in [4.78, 5) is 41.8. The number of carbonyl (C=O) groups excluding carboxylic acids is 3. The second-order valence-electron chi connectivity index (χ2n) is 12.5. The number of hydrogen-bond acceptors (Lipinski definition) is 8. The highest BCUT2D eigenvalue weighted by atomic mass is 16.7. The zero-order valence-corrected chi connectivity index (χ0v) is 24.7. The van der Waals surface area contributed by atoms with E-state index in [1.807, 2.05) is 60.5 Å². The van der Waals surface area contributed by atoms with Gasteiger partial charge in [-0.3, -0.25) is 14.4 Å². The maximum Gasteiger partial charge on any atom is 0.316 e. The first-order valence-corrected chi connectivity index (χ1v) is 14.0. The third-order valence-corrected chi connectivity index (χ3v) is 8.47. The lowest BCUT2D eigenvalue weighted by Crippen LogP contribution is -2.57. The van der Waals surface area contributed by atoms with Crippen LogP contribution >= 0.6 is 0 Å². The van der Waals surface area contributed by atoms with E-state index in [0.717, 1.165) is 0 Å². The van der Waals surface area contributed by atoms with Crippen LogP contribution in [0.4, 0.5) is 0 Å². The van der Waals surface area contributed by atoms with Crippen LogP contribution in [-0.4, -0.2) is 78.4 Å². The van der Waals surface area contributed by atoms with E-state index in [9.17, 15) is 19.5 Å². The number of ether oxygens (including phenoxy) is 3. The zero-order valence-electron chi connectivity index (χ0n) is 24.7. The average molecular weight is 526 g/mol. The van der Waals surface area contributed by atoms with Crippen molar-refractivity contribution in [3.8, 4) is 0 Å². The molecular formula is C29H51NO7. The average Bonchev–Trinajstić information content (AvgIpc) is 2.83. The molecule has 8 nitrogen and oxygen atoms in total. The summed E-state index contributed by atoms with van der Waals surface area (Å²) in [6, 6.07) is -0.164. The summed E-state index contributed by atoms with van der Waals surface area (Å²) in [5.41, 5.74) is -0.624. The molecule has 0 spiro atoms. The number of likely N-dealkylation sites (N-methyl/N-ethyl adjacent to an activating group) is 1. The molecule has 0 saturated carbocycles. The van der Waals surface area contributed by atoms with Crippen molar-refractivity contribution >= 4 is 17.5 Å². The number of nitrogens with zero attached hydrogens (tertiary/aromatic N) is 1. The number of hydrogen-bond donors (Lipinski definition) is 1. The molecular weight excluding hydrogens is 474 g/mol. The molecule has 214 valence electrons. The summed E-state index contributed by atoms with van der Waals surface area (Å²) in [5, 5.41) is 11.1. The van der Waals surface area contributed by atoms with Gasteiger partial charge in [0.15, 0.2) is 12.1 Å². The lowest BCUT2D eigenvalue weighted by Gasteiger charge is -2.46. The van der Waals surface area contributed by atoms with Crippen LogP contribution in [0.1, 0.15) is 87.5 Å². The Hall–Kier alpha value is -1.35. The summed E-state index contributed by atoms with van der Waals surface area (Å²) in [7, 11) is 3.82. The second kappa shape index (κ2) is 13.1. The Kier molecular flexibility index (Phi) is 11.3. The van der Waals surface area contributed by atoms with Gasteiger partial charge in [-0.05, 0) is 65.5 Å². The van der Waals surface area contributed by atoms with E-state index in [-0.39, 0.29) is 41.7 Å². The quantitative estimate of drug-likeness (QED) is 0.434. The molecule has 0 aromatic carbocycles. The van der Waals surface area contributed by atoms with Gasteiger partial charge in [0.1, 0.15) is 23.9 Å². The fourth-order valence-corrected chi connectivity index (χ4v) is 6.12. The second-order valence-corrected chi connectivity index (χ2v) is 12.5. The van der Waals surface area contributed by atoms with Crippen LogP contribution in [0.3, 0.4) is 0 Å². The van der Waals surface area contributed by atoms with Crippen molar-refractivity contribution in [2.24, 2.45) is 29.1 Å². The Morgan fingerprint density at radius 2 is 1.62 bits per heavy atom. The van der Waals surface area contributed by atoms with Crippen LogP contribution in [0.15, 0.2) is 0 Å². The molecule has 0 aromatic heterocycles. The highest BCUT2D eigenvalue weighted by Crippen LogP contribution is 2.40. The van der Waals surface area contributed by atoms with Gasteiger partial charge in [0.2, 0.25) is 0 Å². The maximum atomic E-state index is 13.6. The number of carbonyl (C=O) groups is 3. The van der Waals surface area contributed by atoms with Crippen molar-refractivity contribution in [1.82, 2.24) is 4.90 Å². The minimum Gasteiger partial charge on any atom is -0.462 e.